The molecule has 0 amide bonds. The minimum Gasteiger partial charge on any atom is -0.308 e. The first-order valence-electron chi connectivity index (χ1n) is 7.59. The number of fused-ring (bicyclic) bond motifs is 1. The van der Waals surface area contributed by atoms with Crippen LogP contribution in [0.15, 0.2) is 30.3 Å². The fourth-order valence-corrected chi connectivity index (χ4v) is 3.14. The van der Waals surface area contributed by atoms with Gasteiger partial charge in [-0.05, 0) is 50.3 Å². The van der Waals surface area contributed by atoms with Crippen LogP contribution in [0.4, 0.5) is 0 Å². The van der Waals surface area contributed by atoms with Crippen LogP contribution in [0.25, 0.3) is 0 Å². The van der Waals surface area contributed by atoms with Gasteiger partial charge < -0.3 is 5.32 Å². The third-order valence-corrected chi connectivity index (χ3v) is 4.20. The molecule has 3 nitrogen and oxygen atoms in total. The lowest BCUT2D eigenvalue weighted by molar-refractivity contribution is 0.445. The van der Waals surface area contributed by atoms with Crippen molar-refractivity contribution in [2.75, 3.05) is 0 Å². The van der Waals surface area contributed by atoms with Gasteiger partial charge in [0.15, 0.2) is 0 Å². The Labute approximate surface area is 121 Å². The van der Waals surface area contributed by atoms with E-state index in [0.717, 1.165) is 25.2 Å². The van der Waals surface area contributed by atoms with E-state index in [1.165, 1.54) is 29.7 Å². The van der Waals surface area contributed by atoms with Crippen molar-refractivity contribution in [3.8, 4) is 0 Å². The third-order valence-electron chi connectivity index (χ3n) is 4.20. The molecule has 3 heteroatoms. The number of hydrogen-bond acceptors (Lipinski definition) is 2. The maximum absolute atomic E-state index is 4.51. The fourth-order valence-electron chi connectivity index (χ4n) is 3.14. The molecule has 2 aromatic rings. The first-order valence-corrected chi connectivity index (χ1v) is 7.59. The minimum atomic E-state index is 0.588. The van der Waals surface area contributed by atoms with Gasteiger partial charge in [-0.15, -0.1) is 0 Å². The van der Waals surface area contributed by atoms with Crippen molar-refractivity contribution >= 4 is 0 Å². The standard InChI is InChI=1S/C17H23N3/c1-3-20-17(10-13(2)19-20)12-18-16-9-8-14-6-4-5-7-15(14)11-16/h4-7,10,16,18H,3,8-9,11-12H2,1-2H3. The number of aryl methyl sites for hydroxylation is 3. The van der Waals surface area contributed by atoms with E-state index in [4.69, 9.17) is 0 Å². The molecule has 0 saturated carbocycles. The summed E-state index contributed by atoms with van der Waals surface area (Å²) >= 11 is 0. The smallest absolute Gasteiger partial charge is 0.0597 e. The molecular weight excluding hydrogens is 246 g/mol. The molecule has 1 atom stereocenters. The lowest BCUT2D eigenvalue weighted by Gasteiger charge is -2.25. The molecule has 1 aromatic heterocycles. The van der Waals surface area contributed by atoms with Crippen LogP contribution in [0, 0.1) is 6.92 Å². The highest BCUT2D eigenvalue weighted by Crippen LogP contribution is 2.21. The molecule has 0 fully saturated rings. The van der Waals surface area contributed by atoms with Crippen molar-refractivity contribution in [1.82, 2.24) is 15.1 Å². The van der Waals surface area contributed by atoms with E-state index >= 15 is 0 Å². The van der Waals surface area contributed by atoms with E-state index in [0.29, 0.717) is 6.04 Å². The van der Waals surface area contributed by atoms with Crippen molar-refractivity contribution in [3.63, 3.8) is 0 Å². The highest BCUT2D eigenvalue weighted by molar-refractivity contribution is 5.30. The van der Waals surface area contributed by atoms with Gasteiger partial charge in [0.2, 0.25) is 0 Å². The molecule has 1 aliphatic carbocycles. The summed E-state index contributed by atoms with van der Waals surface area (Å²) in [4.78, 5) is 0. The highest BCUT2D eigenvalue weighted by atomic mass is 15.3. The summed E-state index contributed by atoms with van der Waals surface area (Å²) in [7, 11) is 0. The average molecular weight is 269 g/mol. The molecule has 1 unspecified atom stereocenters. The zero-order chi connectivity index (χ0) is 13.9. The number of nitrogens with zero attached hydrogens (tertiary/aromatic N) is 2. The highest BCUT2D eigenvalue weighted by Gasteiger charge is 2.18. The second-order valence-electron chi connectivity index (χ2n) is 5.68. The van der Waals surface area contributed by atoms with E-state index in [2.05, 4.69) is 59.3 Å². The molecule has 106 valence electrons. The summed E-state index contributed by atoms with van der Waals surface area (Å²) in [6, 6.07) is 11.6. The number of hydrogen-bond donors (Lipinski definition) is 1. The average Bonchev–Trinajstić information content (AvgIpc) is 2.85. The van der Waals surface area contributed by atoms with Gasteiger partial charge in [0.05, 0.1) is 11.4 Å². The Kier molecular flexibility index (Phi) is 3.88. The summed E-state index contributed by atoms with van der Waals surface area (Å²) in [5.41, 5.74) is 5.44. The SMILES string of the molecule is CCn1nc(C)cc1CNC1CCc2ccccc2C1. The zero-order valence-corrected chi connectivity index (χ0v) is 12.4. The molecule has 0 bridgehead atoms. The first kappa shape index (κ1) is 13.4. The van der Waals surface area contributed by atoms with Crippen molar-refractivity contribution in [1.29, 1.82) is 0 Å². The van der Waals surface area contributed by atoms with Gasteiger partial charge in [-0.2, -0.15) is 5.10 Å². The van der Waals surface area contributed by atoms with Gasteiger partial charge in [-0.1, -0.05) is 24.3 Å². The Morgan fingerprint density at radius 2 is 2.10 bits per heavy atom. The Morgan fingerprint density at radius 3 is 2.90 bits per heavy atom. The maximum atomic E-state index is 4.51. The summed E-state index contributed by atoms with van der Waals surface area (Å²) in [6.45, 7) is 6.07. The number of nitrogens with one attached hydrogen (secondary N) is 1. The fraction of sp³-hybridized carbons (Fsp3) is 0.471. The molecule has 0 radical (unpaired) electrons. The topological polar surface area (TPSA) is 29.9 Å². The van der Waals surface area contributed by atoms with Gasteiger partial charge >= 0.3 is 0 Å². The number of benzene rings is 1. The van der Waals surface area contributed by atoms with Crippen LogP contribution < -0.4 is 5.32 Å². The molecule has 20 heavy (non-hydrogen) atoms. The molecular formula is C17H23N3. The van der Waals surface area contributed by atoms with Gasteiger partial charge in [-0.25, -0.2) is 0 Å². The van der Waals surface area contributed by atoms with Crippen LogP contribution in [0.5, 0.6) is 0 Å². The summed E-state index contributed by atoms with van der Waals surface area (Å²) in [5, 5.41) is 8.21. The lowest BCUT2D eigenvalue weighted by Crippen LogP contribution is -2.34. The Hall–Kier alpha value is -1.61. The van der Waals surface area contributed by atoms with Gasteiger partial charge in [0.25, 0.3) is 0 Å². The predicted octanol–water partition coefficient (Wildman–Crippen LogP) is 2.86. The quantitative estimate of drug-likeness (QED) is 0.925. The van der Waals surface area contributed by atoms with E-state index in [1.807, 2.05) is 0 Å². The van der Waals surface area contributed by atoms with Crippen molar-refractivity contribution in [2.45, 2.75) is 52.2 Å². The van der Waals surface area contributed by atoms with E-state index in [1.54, 1.807) is 0 Å². The summed E-state index contributed by atoms with van der Waals surface area (Å²) in [6.07, 6.45) is 3.57. The van der Waals surface area contributed by atoms with Gasteiger partial charge in [0.1, 0.15) is 0 Å². The first-order chi connectivity index (χ1) is 9.76. The maximum Gasteiger partial charge on any atom is 0.0597 e. The molecule has 0 saturated heterocycles. The molecule has 1 aliphatic rings. The number of aromatic nitrogens is 2. The molecule has 0 spiro atoms. The van der Waals surface area contributed by atoms with Crippen LogP contribution in [0.2, 0.25) is 0 Å². The van der Waals surface area contributed by atoms with Gasteiger partial charge in [0, 0.05) is 19.1 Å². The second kappa shape index (κ2) is 5.80. The van der Waals surface area contributed by atoms with E-state index < -0.39 is 0 Å². The largest absolute Gasteiger partial charge is 0.308 e. The zero-order valence-electron chi connectivity index (χ0n) is 12.4. The Morgan fingerprint density at radius 1 is 1.30 bits per heavy atom. The molecule has 0 aliphatic heterocycles. The normalized spacial score (nSPS) is 18.0. The van der Waals surface area contributed by atoms with Crippen LogP contribution in [0.3, 0.4) is 0 Å². The van der Waals surface area contributed by atoms with E-state index in [-0.39, 0.29) is 0 Å². The Balaban J connectivity index is 1.62. The van der Waals surface area contributed by atoms with Crippen LogP contribution in [0.1, 0.15) is 35.9 Å². The monoisotopic (exact) mass is 269 g/mol. The number of rotatable bonds is 4. The third kappa shape index (κ3) is 2.78. The van der Waals surface area contributed by atoms with Crippen molar-refractivity contribution in [3.05, 3.63) is 52.8 Å². The summed E-state index contributed by atoms with van der Waals surface area (Å²) in [5.74, 6) is 0. The van der Waals surface area contributed by atoms with Crippen LogP contribution in [-0.2, 0) is 25.9 Å². The van der Waals surface area contributed by atoms with Crippen LogP contribution in [-0.4, -0.2) is 15.8 Å². The lowest BCUT2D eigenvalue weighted by atomic mass is 9.88. The predicted molar refractivity (Wildman–Crippen MR) is 81.7 cm³/mol. The van der Waals surface area contributed by atoms with Crippen molar-refractivity contribution < 1.29 is 0 Å². The van der Waals surface area contributed by atoms with E-state index in [9.17, 15) is 0 Å². The molecule has 1 aromatic carbocycles. The molecule has 1 N–H and O–H groups in total. The Bertz CT molecular complexity index is 586. The molecule has 1 heterocycles. The minimum absolute atomic E-state index is 0.588. The summed E-state index contributed by atoms with van der Waals surface area (Å²) < 4.78 is 2.10. The second-order valence-corrected chi connectivity index (χ2v) is 5.68. The molecule has 3 rings (SSSR count). The van der Waals surface area contributed by atoms with Crippen molar-refractivity contribution in [2.24, 2.45) is 0 Å². The van der Waals surface area contributed by atoms with Gasteiger partial charge in [-0.3, -0.25) is 4.68 Å². The van der Waals surface area contributed by atoms with Crippen LogP contribution >= 0.6 is 0 Å².